The summed E-state index contributed by atoms with van der Waals surface area (Å²) < 4.78 is 19.2. The molecule has 0 fully saturated rings. The van der Waals surface area contributed by atoms with E-state index in [1.807, 2.05) is 13.8 Å². The van der Waals surface area contributed by atoms with Crippen LogP contribution in [0.3, 0.4) is 0 Å². The van der Waals surface area contributed by atoms with Crippen molar-refractivity contribution in [3.63, 3.8) is 0 Å². The minimum Gasteiger partial charge on any atom is -0.421 e. The number of nitrogens with zero attached hydrogens (tertiary/aromatic N) is 3. The van der Waals surface area contributed by atoms with E-state index in [-0.39, 0.29) is 16.2 Å². The average molecular weight is 341 g/mol. The van der Waals surface area contributed by atoms with Gasteiger partial charge in [-0.15, -0.1) is 5.10 Å². The maximum Gasteiger partial charge on any atom is 0.341 e. The van der Waals surface area contributed by atoms with Crippen molar-refractivity contribution in [2.75, 3.05) is 5.73 Å². The molecule has 0 radical (unpaired) electrons. The van der Waals surface area contributed by atoms with Crippen molar-refractivity contribution in [3.8, 4) is 11.8 Å². The molecule has 0 spiro atoms. The zero-order chi connectivity index (χ0) is 14.7. The molecule has 2 aromatic rings. The molecule has 0 bridgehead atoms. The highest BCUT2D eigenvalue weighted by Crippen LogP contribution is 2.30. The molecule has 2 N–H and O–H groups in total. The molecule has 0 amide bonds. The number of nitrogens with two attached hydrogens (primary N) is 1. The smallest absolute Gasteiger partial charge is 0.341 e. The van der Waals surface area contributed by atoms with Crippen molar-refractivity contribution in [2.24, 2.45) is 0 Å². The van der Waals surface area contributed by atoms with Crippen LogP contribution in [0.2, 0.25) is 0 Å². The molecule has 0 unspecified atom stereocenters. The fourth-order valence-corrected chi connectivity index (χ4v) is 2.06. The summed E-state index contributed by atoms with van der Waals surface area (Å²) in [6, 6.07) is 2.67. The largest absolute Gasteiger partial charge is 0.421 e. The Morgan fingerprint density at radius 2 is 1.90 bits per heavy atom. The first-order chi connectivity index (χ1) is 9.55. The first-order valence-corrected chi connectivity index (χ1v) is 6.99. The Hall–Kier alpha value is -1.76. The third-order valence-corrected chi connectivity index (χ3v) is 3.35. The molecule has 0 saturated heterocycles. The lowest BCUT2D eigenvalue weighted by Gasteiger charge is -2.09. The Morgan fingerprint density at radius 1 is 1.20 bits per heavy atom. The normalized spacial score (nSPS) is 10.6. The van der Waals surface area contributed by atoms with Crippen LogP contribution in [-0.4, -0.2) is 15.2 Å². The summed E-state index contributed by atoms with van der Waals surface area (Å²) in [4.78, 5) is 4.26. The van der Waals surface area contributed by atoms with E-state index >= 15 is 0 Å². The van der Waals surface area contributed by atoms with Crippen molar-refractivity contribution < 1.29 is 9.13 Å². The number of benzene rings is 1. The molecule has 5 nitrogen and oxygen atoms in total. The fraction of sp³-hybridized carbons (Fsp3) is 0.308. The van der Waals surface area contributed by atoms with Gasteiger partial charge in [0, 0.05) is 6.07 Å². The van der Waals surface area contributed by atoms with E-state index < -0.39 is 5.82 Å². The number of anilines is 1. The van der Waals surface area contributed by atoms with Gasteiger partial charge >= 0.3 is 6.01 Å². The van der Waals surface area contributed by atoms with Gasteiger partial charge in [0.1, 0.15) is 5.82 Å². The summed E-state index contributed by atoms with van der Waals surface area (Å²) >= 11 is 3.05. The van der Waals surface area contributed by atoms with Crippen LogP contribution in [0, 0.1) is 5.82 Å². The molecule has 1 heterocycles. The minimum absolute atomic E-state index is 0.0625. The topological polar surface area (TPSA) is 73.9 Å². The monoisotopic (exact) mass is 340 g/mol. The summed E-state index contributed by atoms with van der Waals surface area (Å²) in [7, 11) is 0. The van der Waals surface area contributed by atoms with Crippen molar-refractivity contribution >= 4 is 21.6 Å². The molecule has 2 rings (SSSR count). The first-order valence-electron chi connectivity index (χ1n) is 6.20. The van der Waals surface area contributed by atoms with E-state index in [1.165, 1.54) is 12.1 Å². The molecule has 0 saturated carbocycles. The fourth-order valence-electron chi connectivity index (χ4n) is 1.70. The van der Waals surface area contributed by atoms with Crippen LogP contribution in [0.5, 0.6) is 11.8 Å². The molecule has 1 aromatic heterocycles. The van der Waals surface area contributed by atoms with Crippen LogP contribution in [0.15, 0.2) is 16.6 Å². The standard InChI is InChI=1S/C13H14BrFN4O/c1-3-10-11(4-2)18-19-13(17-10)20-12-6-8(15)7(14)5-9(12)16/h5-6H,3-4,16H2,1-2H3. The third kappa shape index (κ3) is 3.04. The molecule has 1 aromatic carbocycles. The van der Waals surface area contributed by atoms with Gasteiger partial charge in [-0.05, 0) is 34.8 Å². The second kappa shape index (κ2) is 6.13. The maximum atomic E-state index is 13.5. The van der Waals surface area contributed by atoms with Crippen LogP contribution >= 0.6 is 15.9 Å². The summed E-state index contributed by atoms with van der Waals surface area (Å²) in [5, 5.41) is 7.93. The minimum atomic E-state index is -0.469. The van der Waals surface area contributed by atoms with Gasteiger partial charge in [-0.3, -0.25) is 0 Å². The second-order valence-electron chi connectivity index (χ2n) is 4.10. The molecule has 7 heteroatoms. The summed E-state index contributed by atoms with van der Waals surface area (Å²) in [5.41, 5.74) is 7.70. The molecule has 0 atom stereocenters. The third-order valence-electron chi connectivity index (χ3n) is 2.74. The number of ether oxygens (including phenoxy) is 1. The highest BCUT2D eigenvalue weighted by Gasteiger charge is 2.12. The van der Waals surface area contributed by atoms with Crippen LogP contribution in [0.4, 0.5) is 10.1 Å². The predicted octanol–water partition coefficient (Wildman–Crippen LogP) is 3.27. The molecule has 0 aliphatic carbocycles. The lowest BCUT2D eigenvalue weighted by atomic mass is 10.2. The Labute approximate surface area is 124 Å². The lowest BCUT2D eigenvalue weighted by molar-refractivity contribution is 0.427. The predicted molar refractivity (Wildman–Crippen MR) is 77.2 cm³/mol. The van der Waals surface area contributed by atoms with Gasteiger partial charge < -0.3 is 10.5 Å². The van der Waals surface area contributed by atoms with Gasteiger partial charge in [-0.2, -0.15) is 4.98 Å². The lowest BCUT2D eigenvalue weighted by Crippen LogP contribution is -2.05. The number of aryl methyl sites for hydroxylation is 2. The molecule has 20 heavy (non-hydrogen) atoms. The number of rotatable bonds is 4. The zero-order valence-corrected chi connectivity index (χ0v) is 12.7. The number of hydrogen-bond donors (Lipinski definition) is 1. The SMILES string of the molecule is CCc1nnc(Oc2cc(F)c(Br)cc2N)nc1CC. The zero-order valence-electron chi connectivity index (χ0n) is 11.2. The van der Waals surface area contributed by atoms with Crippen LogP contribution < -0.4 is 10.5 Å². The summed E-state index contributed by atoms with van der Waals surface area (Å²) in [5.74, 6) is -0.304. The maximum absolute atomic E-state index is 13.5. The van der Waals surface area contributed by atoms with E-state index in [1.54, 1.807) is 0 Å². The van der Waals surface area contributed by atoms with Gasteiger partial charge in [-0.25, -0.2) is 4.39 Å². The molecule has 0 aliphatic heterocycles. The van der Waals surface area contributed by atoms with Crippen molar-refractivity contribution in [1.82, 2.24) is 15.2 Å². The highest BCUT2D eigenvalue weighted by molar-refractivity contribution is 9.10. The second-order valence-corrected chi connectivity index (χ2v) is 4.96. The van der Waals surface area contributed by atoms with E-state index in [4.69, 9.17) is 10.5 Å². The highest BCUT2D eigenvalue weighted by atomic mass is 79.9. The van der Waals surface area contributed by atoms with Crippen LogP contribution in [-0.2, 0) is 12.8 Å². The van der Waals surface area contributed by atoms with Crippen molar-refractivity contribution in [3.05, 3.63) is 33.8 Å². The number of nitrogen functional groups attached to an aromatic ring is 1. The first kappa shape index (κ1) is 14.6. The Bertz CT molecular complexity index is 636. The molecule has 106 valence electrons. The average Bonchev–Trinajstić information content (AvgIpc) is 2.44. The van der Waals surface area contributed by atoms with Gasteiger partial charge in [-0.1, -0.05) is 18.9 Å². The van der Waals surface area contributed by atoms with Gasteiger partial charge in [0.05, 0.1) is 21.5 Å². The van der Waals surface area contributed by atoms with E-state index in [2.05, 4.69) is 31.1 Å². The summed E-state index contributed by atoms with van der Waals surface area (Å²) in [6.45, 7) is 3.95. The number of halogens is 2. The quantitative estimate of drug-likeness (QED) is 0.864. The van der Waals surface area contributed by atoms with Crippen molar-refractivity contribution in [2.45, 2.75) is 26.7 Å². The van der Waals surface area contributed by atoms with Gasteiger partial charge in [0.2, 0.25) is 0 Å². The summed E-state index contributed by atoms with van der Waals surface area (Å²) in [6.07, 6.45) is 1.47. The Kier molecular flexibility index (Phi) is 4.49. The number of hydrogen-bond acceptors (Lipinski definition) is 5. The van der Waals surface area contributed by atoms with Crippen molar-refractivity contribution in [1.29, 1.82) is 0 Å². The number of aromatic nitrogens is 3. The Balaban J connectivity index is 2.33. The van der Waals surface area contributed by atoms with Gasteiger partial charge in [0.15, 0.2) is 5.75 Å². The van der Waals surface area contributed by atoms with E-state index in [0.29, 0.717) is 5.69 Å². The van der Waals surface area contributed by atoms with Crippen LogP contribution in [0.1, 0.15) is 25.2 Å². The Morgan fingerprint density at radius 3 is 2.55 bits per heavy atom. The van der Waals surface area contributed by atoms with E-state index in [0.717, 1.165) is 24.2 Å². The molecule has 0 aliphatic rings. The molecular weight excluding hydrogens is 327 g/mol. The van der Waals surface area contributed by atoms with Gasteiger partial charge in [0.25, 0.3) is 0 Å². The van der Waals surface area contributed by atoms with Crippen LogP contribution in [0.25, 0.3) is 0 Å². The van der Waals surface area contributed by atoms with E-state index in [9.17, 15) is 4.39 Å². The molecular formula is C13H14BrFN4O.